The number of carbonyl (C=O) groups is 1. The zero-order valence-corrected chi connectivity index (χ0v) is 6.99. The molecular formula is C9H7ClO2. The molecule has 1 aromatic carbocycles. The highest BCUT2D eigenvalue weighted by atomic mass is 35.5. The van der Waals surface area contributed by atoms with E-state index in [1.807, 2.05) is 24.3 Å². The van der Waals surface area contributed by atoms with Gasteiger partial charge in [0.2, 0.25) is 0 Å². The predicted octanol–water partition coefficient (Wildman–Crippen LogP) is 1.93. The lowest BCUT2D eigenvalue weighted by Gasteiger charge is -2.03. The highest BCUT2D eigenvalue weighted by Crippen LogP contribution is 2.39. The fourth-order valence-electron chi connectivity index (χ4n) is 1.30. The lowest BCUT2D eigenvalue weighted by atomic mass is 10.1. The number of benzene rings is 1. The Bertz CT molecular complexity index is 311. The van der Waals surface area contributed by atoms with Gasteiger partial charge in [-0.1, -0.05) is 18.2 Å². The van der Waals surface area contributed by atoms with Crippen LogP contribution >= 0.6 is 11.6 Å². The average Bonchev–Trinajstić information content (AvgIpc) is 2.44. The van der Waals surface area contributed by atoms with Crippen molar-refractivity contribution in [2.24, 2.45) is 0 Å². The van der Waals surface area contributed by atoms with E-state index >= 15 is 0 Å². The maximum atomic E-state index is 10.5. The van der Waals surface area contributed by atoms with Crippen LogP contribution in [0.2, 0.25) is 0 Å². The second-order valence-corrected chi connectivity index (χ2v) is 3.13. The number of ether oxygens (including phenoxy) is 1. The van der Waals surface area contributed by atoms with Crippen molar-refractivity contribution in [3.63, 3.8) is 0 Å². The zero-order chi connectivity index (χ0) is 8.55. The Kier molecular flexibility index (Phi) is 1.77. The first-order chi connectivity index (χ1) is 5.83. The molecule has 2 rings (SSSR count). The van der Waals surface area contributed by atoms with E-state index in [0.717, 1.165) is 17.6 Å². The number of halogens is 1. The maximum Gasteiger partial charge on any atom is 0.174 e. The molecule has 0 amide bonds. The summed E-state index contributed by atoms with van der Waals surface area (Å²) in [4.78, 5) is 10.5. The Morgan fingerprint density at radius 1 is 1.42 bits per heavy atom. The highest BCUT2D eigenvalue weighted by molar-refractivity contribution is 6.22. The monoisotopic (exact) mass is 182 g/mol. The zero-order valence-electron chi connectivity index (χ0n) is 6.24. The van der Waals surface area contributed by atoms with Gasteiger partial charge < -0.3 is 4.74 Å². The summed E-state index contributed by atoms with van der Waals surface area (Å²) in [5, 5.41) is -0.335. The summed E-state index contributed by atoms with van der Waals surface area (Å²) in [6.45, 7) is 0. The number of hydrogen-bond donors (Lipinski definition) is 0. The second-order valence-electron chi connectivity index (χ2n) is 2.66. The standard InChI is InChI=1S/C9H7ClO2/c10-9-6-3-1-2-4-7(6)12-8(9)5-11/h1-5,8-9H. The van der Waals surface area contributed by atoms with Gasteiger partial charge in [0.25, 0.3) is 0 Å². The average molecular weight is 183 g/mol. The van der Waals surface area contributed by atoms with Gasteiger partial charge in [-0.2, -0.15) is 0 Å². The van der Waals surface area contributed by atoms with Crippen LogP contribution in [0.5, 0.6) is 5.75 Å². The fraction of sp³-hybridized carbons (Fsp3) is 0.222. The number of rotatable bonds is 1. The Morgan fingerprint density at radius 3 is 2.83 bits per heavy atom. The first-order valence-electron chi connectivity index (χ1n) is 3.68. The van der Waals surface area contributed by atoms with Gasteiger partial charge in [-0.25, -0.2) is 0 Å². The molecule has 3 heteroatoms. The van der Waals surface area contributed by atoms with Crippen LogP contribution < -0.4 is 4.74 Å². The Morgan fingerprint density at radius 2 is 2.17 bits per heavy atom. The summed E-state index contributed by atoms with van der Waals surface area (Å²) in [5.41, 5.74) is 0.899. The Labute approximate surface area is 75.1 Å². The van der Waals surface area contributed by atoms with Crippen LogP contribution in [-0.2, 0) is 4.79 Å². The lowest BCUT2D eigenvalue weighted by Crippen LogP contribution is -2.16. The second kappa shape index (κ2) is 2.79. The van der Waals surface area contributed by atoms with Gasteiger partial charge in [0.1, 0.15) is 11.1 Å². The lowest BCUT2D eigenvalue weighted by molar-refractivity contribution is -0.113. The van der Waals surface area contributed by atoms with Gasteiger partial charge >= 0.3 is 0 Å². The molecule has 0 bridgehead atoms. The highest BCUT2D eigenvalue weighted by Gasteiger charge is 2.31. The van der Waals surface area contributed by atoms with E-state index < -0.39 is 6.10 Å². The van der Waals surface area contributed by atoms with E-state index in [2.05, 4.69) is 0 Å². The van der Waals surface area contributed by atoms with Crippen molar-refractivity contribution in [1.29, 1.82) is 0 Å². The van der Waals surface area contributed by atoms with E-state index in [1.165, 1.54) is 0 Å². The van der Waals surface area contributed by atoms with Gasteiger partial charge in [0, 0.05) is 5.56 Å². The van der Waals surface area contributed by atoms with Gasteiger partial charge in [-0.3, -0.25) is 4.79 Å². The van der Waals surface area contributed by atoms with Crippen LogP contribution in [-0.4, -0.2) is 12.4 Å². The topological polar surface area (TPSA) is 26.3 Å². The summed E-state index contributed by atoms with van der Waals surface area (Å²) in [6.07, 6.45) is 0.210. The molecular weight excluding hydrogens is 176 g/mol. The summed E-state index contributed by atoms with van der Waals surface area (Å²) in [6, 6.07) is 7.42. The molecule has 0 aromatic heterocycles. The summed E-state index contributed by atoms with van der Waals surface area (Å²) in [5.74, 6) is 0.717. The van der Waals surface area contributed by atoms with Crippen LogP contribution in [0, 0.1) is 0 Å². The van der Waals surface area contributed by atoms with Crippen LogP contribution in [0.1, 0.15) is 10.9 Å². The first-order valence-corrected chi connectivity index (χ1v) is 4.11. The van der Waals surface area contributed by atoms with Crippen molar-refractivity contribution in [3.05, 3.63) is 29.8 Å². The molecule has 1 aliphatic rings. The fourth-order valence-corrected chi connectivity index (χ4v) is 1.59. The predicted molar refractivity (Wildman–Crippen MR) is 45.5 cm³/mol. The molecule has 1 heterocycles. The van der Waals surface area contributed by atoms with E-state index in [1.54, 1.807) is 0 Å². The smallest absolute Gasteiger partial charge is 0.174 e. The molecule has 0 spiro atoms. The van der Waals surface area contributed by atoms with Gasteiger partial charge in [0.15, 0.2) is 12.4 Å². The molecule has 1 aromatic rings. The van der Waals surface area contributed by atoms with E-state index in [9.17, 15) is 4.79 Å². The number of aldehydes is 1. The summed E-state index contributed by atoms with van der Waals surface area (Å²) in [7, 11) is 0. The number of fused-ring (bicyclic) bond motifs is 1. The minimum atomic E-state index is -0.524. The molecule has 0 saturated carbocycles. The Hall–Kier alpha value is -1.02. The minimum absolute atomic E-state index is 0.335. The van der Waals surface area contributed by atoms with E-state index in [4.69, 9.17) is 16.3 Å². The van der Waals surface area contributed by atoms with Gasteiger partial charge in [-0.15, -0.1) is 11.6 Å². The summed E-state index contributed by atoms with van der Waals surface area (Å²) < 4.78 is 5.27. The molecule has 0 aliphatic carbocycles. The van der Waals surface area contributed by atoms with Crippen molar-refractivity contribution >= 4 is 17.9 Å². The third-order valence-electron chi connectivity index (χ3n) is 1.90. The van der Waals surface area contributed by atoms with Crippen LogP contribution in [0.3, 0.4) is 0 Å². The maximum absolute atomic E-state index is 10.5. The van der Waals surface area contributed by atoms with Crippen LogP contribution in [0.15, 0.2) is 24.3 Å². The number of carbonyl (C=O) groups excluding carboxylic acids is 1. The van der Waals surface area contributed by atoms with Crippen LogP contribution in [0.4, 0.5) is 0 Å². The van der Waals surface area contributed by atoms with Crippen molar-refractivity contribution < 1.29 is 9.53 Å². The third-order valence-corrected chi connectivity index (χ3v) is 2.39. The molecule has 62 valence electrons. The quantitative estimate of drug-likeness (QED) is 0.490. The number of hydrogen-bond acceptors (Lipinski definition) is 2. The number of para-hydroxylation sites is 1. The molecule has 0 N–H and O–H groups in total. The number of alkyl halides is 1. The largest absolute Gasteiger partial charge is 0.481 e. The molecule has 1 aliphatic heterocycles. The molecule has 0 saturated heterocycles. The van der Waals surface area contributed by atoms with E-state index in [0.29, 0.717) is 0 Å². The van der Waals surface area contributed by atoms with Crippen molar-refractivity contribution in [3.8, 4) is 5.75 Å². The van der Waals surface area contributed by atoms with Crippen molar-refractivity contribution in [2.45, 2.75) is 11.5 Å². The molecule has 2 nitrogen and oxygen atoms in total. The van der Waals surface area contributed by atoms with Gasteiger partial charge in [0.05, 0.1) is 0 Å². The SMILES string of the molecule is O=CC1Oc2ccccc2C1Cl. The summed E-state index contributed by atoms with van der Waals surface area (Å²) >= 11 is 5.95. The minimum Gasteiger partial charge on any atom is -0.481 e. The molecule has 2 atom stereocenters. The van der Waals surface area contributed by atoms with Gasteiger partial charge in [-0.05, 0) is 6.07 Å². The normalized spacial score (nSPS) is 26.1. The molecule has 2 unspecified atom stereocenters. The third kappa shape index (κ3) is 0.994. The van der Waals surface area contributed by atoms with Crippen molar-refractivity contribution in [2.75, 3.05) is 0 Å². The van der Waals surface area contributed by atoms with Crippen molar-refractivity contribution in [1.82, 2.24) is 0 Å². The van der Waals surface area contributed by atoms with Crippen LogP contribution in [0.25, 0.3) is 0 Å². The Balaban J connectivity index is 2.41. The molecule has 12 heavy (non-hydrogen) atoms. The molecule has 0 radical (unpaired) electrons. The van der Waals surface area contributed by atoms with E-state index in [-0.39, 0.29) is 5.38 Å². The molecule has 0 fully saturated rings. The first kappa shape index (κ1) is 7.62.